The average molecular weight is 166 g/mol. The number of ketones is 1. The van der Waals surface area contributed by atoms with Crippen LogP contribution in [0, 0.1) is 0 Å². The lowest BCUT2D eigenvalue weighted by Gasteiger charge is -1.93. The van der Waals surface area contributed by atoms with Gasteiger partial charge in [-0.25, -0.2) is 0 Å². The minimum absolute atomic E-state index is 0.0405. The summed E-state index contributed by atoms with van der Waals surface area (Å²) >= 11 is 1.43. The van der Waals surface area contributed by atoms with Crippen LogP contribution in [-0.4, -0.2) is 10.8 Å². The third-order valence-electron chi connectivity index (χ3n) is 1.44. The summed E-state index contributed by atoms with van der Waals surface area (Å²) < 4.78 is 2.92. The Morgan fingerprint density at radius 3 is 3.18 bits per heavy atom. The molecule has 1 aliphatic rings. The van der Waals surface area contributed by atoms with E-state index in [9.17, 15) is 4.79 Å². The fraction of sp³-hybridized carbons (Fsp3) is 0. The molecule has 4 heteroatoms. The van der Waals surface area contributed by atoms with Gasteiger partial charge < -0.3 is 9.71 Å². The average Bonchev–Trinajstić information content (AvgIpc) is 2.40. The lowest BCUT2D eigenvalue weighted by atomic mass is 10.2. The number of hydrogen-bond donors (Lipinski definition) is 2. The van der Waals surface area contributed by atoms with Gasteiger partial charge in [-0.05, 0) is 11.9 Å². The van der Waals surface area contributed by atoms with Crippen molar-refractivity contribution in [3.63, 3.8) is 0 Å². The molecule has 0 fully saturated rings. The number of carbonyl (C=O) groups is 1. The number of nitrogens with one attached hydrogen (secondary N) is 2. The molecule has 0 saturated heterocycles. The monoisotopic (exact) mass is 166 g/mol. The van der Waals surface area contributed by atoms with E-state index in [4.69, 9.17) is 0 Å². The number of allylic oxidation sites excluding steroid dienone is 1. The molecule has 0 aliphatic carbocycles. The van der Waals surface area contributed by atoms with Crippen LogP contribution in [0.4, 0.5) is 0 Å². The van der Waals surface area contributed by atoms with Crippen LogP contribution in [-0.2, 0) is 0 Å². The summed E-state index contributed by atoms with van der Waals surface area (Å²) in [6, 6.07) is 0. The summed E-state index contributed by atoms with van der Waals surface area (Å²) in [6.45, 7) is 0. The van der Waals surface area contributed by atoms with Crippen LogP contribution >= 0.6 is 11.9 Å². The second kappa shape index (κ2) is 2.47. The zero-order valence-corrected chi connectivity index (χ0v) is 6.44. The summed E-state index contributed by atoms with van der Waals surface area (Å²) in [5.41, 5.74) is 0.733. The maximum Gasteiger partial charge on any atom is 0.190 e. The summed E-state index contributed by atoms with van der Waals surface area (Å²) in [4.78, 5) is 15.0. The van der Waals surface area contributed by atoms with E-state index in [2.05, 4.69) is 9.71 Å². The Labute approximate surface area is 68.0 Å². The molecule has 0 radical (unpaired) electrons. The lowest BCUT2D eigenvalue weighted by Crippen LogP contribution is -1.90. The highest BCUT2D eigenvalue weighted by molar-refractivity contribution is 7.97. The Morgan fingerprint density at radius 1 is 1.36 bits per heavy atom. The molecule has 56 valence electrons. The summed E-state index contributed by atoms with van der Waals surface area (Å²) in [5, 5.41) is 0. The SMILES string of the molecule is O=C1C=CNSc2c[nH]cc21. The van der Waals surface area contributed by atoms with Gasteiger partial charge in [0.05, 0.1) is 10.5 Å². The van der Waals surface area contributed by atoms with Crippen molar-refractivity contribution in [2.45, 2.75) is 4.90 Å². The van der Waals surface area contributed by atoms with Crippen molar-refractivity contribution in [2.24, 2.45) is 0 Å². The van der Waals surface area contributed by atoms with Gasteiger partial charge in [-0.2, -0.15) is 0 Å². The molecule has 3 nitrogen and oxygen atoms in total. The van der Waals surface area contributed by atoms with Gasteiger partial charge in [0, 0.05) is 24.7 Å². The molecule has 11 heavy (non-hydrogen) atoms. The fourth-order valence-electron chi connectivity index (χ4n) is 0.924. The topological polar surface area (TPSA) is 44.9 Å². The molecule has 0 amide bonds. The lowest BCUT2D eigenvalue weighted by molar-refractivity contribution is 0.104. The van der Waals surface area contributed by atoms with Crippen LogP contribution < -0.4 is 4.72 Å². The highest BCUT2D eigenvalue weighted by Gasteiger charge is 2.11. The molecule has 0 aromatic carbocycles. The number of rotatable bonds is 0. The van der Waals surface area contributed by atoms with Crippen molar-refractivity contribution < 1.29 is 4.79 Å². The first-order chi connectivity index (χ1) is 5.38. The Morgan fingerprint density at radius 2 is 2.27 bits per heavy atom. The molecule has 1 aromatic rings. The Bertz CT molecular complexity index is 316. The molecule has 1 aliphatic heterocycles. The molecular formula is C7H6N2OS. The number of hydrogen-bond acceptors (Lipinski definition) is 3. The Kier molecular flexibility index (Phi) is 1.47. The smallest absolute Gasteiger partial charge is 0.190 e. The maximum atomic E-state index is 11.2. The van der Waals surface area contributed by atoms with Crippen LogP contribution in [0.3, 0.4) is 0 Å². The quantitative estimate of drug-likeness (QED) is 0.571. The number of carbonyl (C=O) groups excluding carboxylic acids is 1. The predicted octanol–water partition coefficient (Wildman–Crippen LogP) is 1.32. The fourth-order valence-corrected chi connectivity index (χ4v) is 1.58. The van der Waals surface area contributed by atoms with Crippen molar-refractivity contribution in [1.29, 1.82) is 0 Å². The first-order valence-electron chi connectivity index (χ1n) is 3.18. The zero-order chi connectivity index (χ0) is 7.68. The van der Waals surface area contributed by atoms with Gasteiger partial charge in [0.25, 0.3) is 0 Å². The van der Waals surface area contributed by atoms with Crippen molar-refractivity contribution in [3.05, 3.63) is 30.2 Å². The molecule has 0 bridgehead atoms. The van der Waals surface area contributed by atoms with Gasteiger partial charge in [-0.3, -0.25) is 4.79 Å². The normalized spacial score (nSPS) is 15.5. The summed E-state index contributed by atoms with van der Waals surface area (Å²) in [5.74, 6) is 0.0405. The molecule has 0 atom stereocenters. The molecule has 2 rings (SSSR count). The number of fused-ring (bicyclic) bond motifs is 1. The molecule has 2 N–H and O–H groups in total. The van der Waals surface area contributed by atoms with Gasteiger partial charge >= 0.3 is 0 Å². The van der Waals surface area contributed by atoms with Crippen LogP contribution in [0.25, 0.3) is 0 Å². The second-order valence-corrected chi connectivity index (χ2v) is 3.03. The third kappa shape index (κ3) is 1.05. The molecular weight excluding hydrogens is 160 g/mol. The second-order valence-electron chi connectivity index (χ2n) is 2.15. The van der Waals surface area contributed by atoms with Crippen molar-refractivity contribution >= 4 is 17.7 Å². The highest BCUT2D eigenvalue weighted by Crippen LogP contribution is 2.22. The summed E-state index contributed by atoms with van der Waals surface area (Å²) in [6.07, 6.45) is 6.68. The largest absolute Gasteiger partial charge is 0.366 e. The number of aromatic nitrogens is 1. The molecule has 0 saturated carbocycles. The minimum atomic E-state index is 0.0405. The van der Waals surface area contributed by atoms with E-state index in [1.807, 2.05) is 0 Å². The maximum absolute atomic E-state index is 11.2. The van der Waals surface area contributed by atoms with E-state index in [0.717, 1.165) is 10.5 Å². The van der Waals surface area contributed by atoms with E-state index in [-0.39, 0.29) is 5.78 Å². The first-order valence-corrected chi connectivity index (χ1v) is 3.99. The van der Waals surface area contributed by atoms with Crippen molar-refractivity contribution in [2.75, 3.05) is 0 Å². The Hall–Kier alpha value is -1.16. The van der Waals surface area contributed by atoms with Crippen LogP contribution in [0.15, 0.2) is 29.6 Å². The molecule has 2 heterocycles. The molecule has 0 unspecified atom stereocenters. The minimum Gasteiger partial charge on any atom is -0.366 e. The number of aromatic amines is 1. The van der Waals surface area contributed by atoms with E-state index in [1.54, 1.807) is 18.6 Å². The van der Waals surface area contributed by atoms with Gasteiger partial charge in [-0.1, -0.05) is 0 Å². The van der Waals surface area contributed by atoms with E-state index in [0.29, 0.717) is 0 Å². The van der Waals surface area contributed by atoms with Gasteiger partial charge in [0.2, 0.25) is 0 Å². The van der Waals surface area contributed by atoms with Crippen LogP contribution in [0.5, 0.6) is 0 Å². The van der Waals surface area contributed by atoms with E-state index in [1.165, 1.54) is 18.0 Å². The van der Waals surface area contributed by atoms with Crippen molar-refractivity contribution in [3.8, 4) is 0 Å². The van der Waals surface area contributed by atoms with Crippen LogP contribution in [0.2, 0.25) is 0 Å². The Balaban J connectivity index is 2.51. The van der Waals surface area contributed by atoms with Gasteiger partial charge in [-0.15, -0.1) is 0 Å². The molecule has 0 spiro atoms. The summed E-state index contributed by atoms with van der Waals surface area (Å²) in [7, 11) is 0. The predicted molar refractivity (Wildman–Crippen MR) is 43.3 cm³/mol. The standard InChI is InChI=1S/C7H6N2OS/c10-6-1-2-9-11-7-4-8-3-5(6)7/h1-4,8-9H. The number of H-pyrrole nitrogens is 1. The third-order valence-corrected chi connectivity index (χ3v) is 2.26. The van der Waals surface area contributed by atoms with Crippen LogP contribution in [0.1, 0.15) is 10.4 Å². The highest BCUT2D eigenvalue weighted by atomic mass is 32.2. The van der Waals surface area contributed by atoms with E-state index >= 15 is 0 Å². The molecule has 1 aromatic heterocycles. The zero-order valence-electron chi connectivity index (χ0n) is 5.63. The van der Waals surface area contributed by atoms with Gasteiger partial charge in [0.1, 0.15) is 0 Å². The first kappa shape index (κ1) is 6.54. The van der Waals surface area contributed by atoms with Crippen molar-refractivity contribution in [1.82, 2.24) is 9.71 Å². The van der Waals surface area contributed by atoms with Gasteiger partial charge in [0.15, 0.2) is 5.78 Å². The van der Waals surface area contributed by atoms with E-state index < -0.39 is 0 Å².